The average molecular weight is 949 g/mol. The standard InChI is InChI=1S/C27H40N6O15.C11H8N4O4/c28-15-19(39)18(38)12(7-35)45-26(15)47-23-14(9-37)46-27(17(21(23)41)30-5-6-34)48-22-13(8-36)44-25(43)16(20(22)40)31-24(42)10-1-3-11(4-2-10)32-33-29;12-14-13-8-3-1-7(2-4-8)11(18)19-15-9(16)5-6-10(15)17/h1-4,6,12-23,25-27,30,35-41,43H,5,7-9,28H2,(H,31,42);1-4H,5-6H2. The van der Waals surface area contributed by atoms with Crippen molar-refractivity contribution in [2.75, 3.05) is 26.4 Å². The first kappa shape index (κ1) is 52.2. The summed E-state index contributed by atoms with van der Waals surface area (Å²) in [6.45, 7) is -2.67. The molecule has 0 aromatic heterocycles. The van der Waals surface area contributed by atoms with Crippen LogP contribution in [0.15, 0.2) is 58.8 Å². The monoisotopic (exact) mass is 948 g/mol. The molecule has 3 amide bonds. The first-order chi connectivity index (χ1) is 32.1. The summed E-state index contributed by atoms with van der Waals surface area (Å²) in [5, 5.41) is 95.7. The van der Waals surface area contributed by atoms with Crippen LogP contribution in [0.3, 0.4) is 0 Å². The molecule has 4 heterocycles. The Bertz CT molecular complexity index is 2110. The van der Waals surface area contributed by atoms with Crippen LogP contribution in [-0.4, -0.2) is 194 Å². The summed E-state index contributed by atoms with van der Waals surface area (Å²) >= 11 is 0. The van der Waals surface area contributed by atoms with Gasteiger partial charge in [0, 0.05) is 39.6 Å². The van der Waals surface area contributed by atoms with Gasteiger partial charge in [-0.05, 0) is 35.3 Å². The van der Waals surface area contributed by atoms with E-state index in [4.69, 9.17) is 45.3 Å². The molecule has 0 aliphatic carbocycles. The zero-order chi connectivity index (χ0) is 48.9. The second-order valence-electron chi connectivity index (χ2n) is 15.0. The molecule has 67 heavy (non-hydrogen) atoms. The second-order valence-corrected chi connectivity index (χ2v) is 15.0. The number of imide groups is 1. The van der Waals surface area contributed by atoms with Gasteiger partial charge in [-0.3, -0.25) is 14.4 Å². The molecule has 29 nitrogen and oxygen atoms in total. The minimum absolute atomic E-state index is 0.0436. The number of nitrogens with one attached hydrogen (secondary N) is 2. The van der Waals surface area contributed by atoms with Gasteiger partial charge in [-0.15, -0.1) is 5.06 Å². The molecule has 0 radical (unpaired) electrons. The smallest absolute Gasteiger partial charge is 0.363 e. The van der Waals surface area contributed by atoms with Gasteiger partial charge >= 0.3 is 5.97 Å². The maximum atomic E-state index is 12.9. The molecule has 0 saturated carbocycles. The lowest BCUT2D eigenvalue weighted by Crippen LogP contribution is -2.70. The molecule has 0 spiro atoms. The molecule has 15 unspecified atom stereocenters. The van der Waals surface area contributed by atoms with Gasteiger partial charge in [0.15, 0.2) is 18.9 Å². The van der Waals surface area contributed by atoms with E-state index in [1.165, 1.54) is 48.5 Å². The van der Waals surface area contributed by atoms with Crippen LogP contribution < -0.4 is 16.4 Å². The van der Waals surface area contributed by atoms with E-state index in [9.17, 15) is 64.8 Å². The highest BCUT2D eigenvalue weighted by atomic mass is 16.7. The van der Waals surface area contributed by atoms with Crippen molar-refractivity contribution in [1.82, 2.24) is 15.7 Å². The number of benzene rings is 2. The predicted molar refractivity (Wildman–Crippen MR) is 217 cm³/mol. The number of hydroxylamine groups is 2. The first-order valence-corrected chi connectivity index (χ1v) is 20.2. The van der Waals surface area contributed by atoms with Crippen LogP contribution in [0, 0.1) is 0 Å². The van der Waals surface area contributed by atoms with E-state index < -0.39 is 135 Å². The van der Waals surface area contributed by atoms with Crippen molar-refractivity contribution in [3.8, 4) is 0 Å². The number of carbonyl (C=O) groups excluding carboxylic acids is 5. The van der Waals surface area contributed by atoms with E-state index >= 15 is 0 Å². The molecular formula is C38H48N10O19. The van der Waals surface area contributed by atoms with E-state index in [-0.39, 0.29) is 36.2 Å². The molecule has 4 fully saturated rings. The Hall–Kier alpha value is -5.79. The van der Waals surface area contributed by atoms with Crippen LogP contribution in [0.25, 0.3) is 20.9 Å². The predicted octanol–water partition coefficient (Wildman–Crippen LogP) is -3.58. The van der Waals surface area contributed by atoms with Crippen LogP contribution in [-0.2, 0) is 42.9 Å². The van der Waals surface area contributed by atoms with Crippen molar-refractivity contribution >= 4 is 41.4 Å². The van der Waals surface area contributed by atoms with Gasteiger partial charge in [0.2, 0.25) is 0 Å². The highest BCUT2D eigenvalue weighted by molar-refractivity contribution is 6.02. The molecule has 0 bridgehead atoms. The molecule has 2 aromatic rings. The summed E-state index contributed by atoms with van der Waals surface area (Å²) in [5.74, 6) is -2.67. The first-order valence-electron chi connectivity index (χ1n) is 20.2. The topological polar surface area (TPSA) is 453 Å². The summed E-state index contributed by atoms with van der Waals surface area (Å²) in [7, 11) is 0. The maximum absolute atomic E-state index is 12.9. The third kappa shape index (κ3) is 12.6. The Morgan fingerprint density at radius 2 is 1.22 bits per heavy atom. The SMILES string of the molecule is [N-]=[N+]=Nc1ccc(C(=O)NC2C(O)OC(CO)C(OC3OC(CO)C(OC4OC(CO)C(O)C(O)C4N)C(O)C3NCC=O)C2O)cc1.[N-]=[N+]=Nc1ccc(C(=O)ON2C(=O)CCC2=O)cc1. The van der Waals surface area contributed by atoms with Gasteiger partial charge in [-0.25, -0.2) is 4.79 Å². The van der Waals surface area contributed by atoms with Gasteiger partial charge in [0.1, 0.15) is 67.3 Å². The number of aldehydes is 1. The molecule has 12 N–H and O–H groups in total. The van der Waals surface area contributed by atoms with Gasteiger partial charge in [0.25, 0.3) is 17.7 Å². The summed E-state index contributed by atoms with van der Waals surface area (Å²) in [4.78, 5) is 68.4. The number of ether oxygens (including phenoxy) is 5. The Morgan fingerprint density at radius 3 is 1.75 bits per heavy atom. The fourth-order valence-electron chi connectivity index (χ4n) is 7.17. The van der Waals surface area contributed by atoms with E-state index in [1.807, 2.05) is 0 Å². The molecule has 4 aliphatic heterocycles. The van der Waals surface area contributed by atoms with Crippen molar-refractivity contribution < 1.29 is 93.3 Å². The molecule has 6 rings (SSSR count). The number of hydrogen-bond donors (Lipinski definition) is 11. The van der Waals surface area contributed by atoms with E-state index in [1.54, 1.807) is 0 Å². The molecule has 29 heteroatoms. The fraction of sp³-hybridized carbons (Fsp3) is 0.553. The van der Waals surface area contributed by atoms with Gasteiger partial charge in [-0.1, -0.05) is 34.5 Å². The Morgan fingerprint density at radius 1 is 0.731 bits per heavy atom. The van der Waals surface area contributed by atoms with E-state index in [0.717, 1.165) is 0 Å². The van der Waals surface area contributed by atoms with Crippen molar-refractivity contribution in [2.45, 2.75) is 105 Å². The van der Waals surface area contributed by atoms with Crippen LogP contribution in [0.5, 0.6) is 0 Å². The third-order valence-corrected chi connectivity index (χ3v) is 10.7. The van der Waals surface area contributed by atoms with Crippen molar-refractivity contribution in [3.05, 3.63) is 80.5 Å². The van der Waals surface area contributed by atoms with Crippen LogP contribution >= 0.6 is 0 Å². The number of nitrogens with two attached hydrogens (primary N) is 1. The number of nitrogens with zero attached hydrogens (tertiary/aromatic N) is 7. The number of aliphatic hydroxyl groups excluding tert-OH is 8. The highest BCUT2D eigenvalue weighted by Crippen LogP contribution is 2.32. The Balaban J connectivity index is 0.000000367. The lowest BCUT2D eigenvalue weighted by molar-refractivity contribution is -0.351. The minimum Gasteiger partial charge on any atom is -0.394 e. The van der Waals surface area contributed by atoms with Crippen LogP contribution in [0.1, 0.15) is 33.6 Å². The number of azide groups is 2. The minimum atomic E-state index is -1.83. The van der Waals surface area contributed by atoms with E-state index in [2.05, 4.69) is 30.7 Å². The van der Waals surface area contributed by atoms with Gasteiger partial charge in [-0.2, -0.15) is 0 Å². The molecular weight excluding hydrogens is 900 g/mol. The molecule has 4 aliphatic rings. The quantitative estimate of drug-likeness (QED) is 0.0255. The summed E-state index contributed by atoms with van der Waals surface area (Å²) in [6.07, 6.45) is -18.2. The number of rotatable bonds is 16. The number of carbonyl (C=O) groups is 5. The van der Waals surface area contributed by atoms with Gasteiger partial charge in [0.05, 0.1) is 44.0 Å². The van der Waals surface area contributed by atoms with Crippen LogP contribution in [0.4, 0.5) is 11.4 Å². The van der Waals surface area contributed by atoms with E-state index in [0.29, 0.717) is 17.0 Å². The maximum Gasteiger partial charge on any atom is 0.363 e. The zero-order valence-electron chi connectivity index (χ0n) is 34.9. The van der Waals surface area contributed by atoms with Gasteiger partial charge < -0.3 is 90.5 Å². The normalized spacial score (nSPS) is 32.7. The second kappa shape index (κ2) is 24.3. The molecule has 364 valence electrons. The lowest BCUT2D eigenvalue weighted by Gasteiger charge is -2.49. The van der Waals surface area contributed by atoms with Crippen LogP contribution in [0.2, 0.25) is 0 Å². The molecule has 4 saturated heterocycles. The van der Waals surface area contributed by atoms with Crippen molar-refractivity contribution in [2.24, 2.45) is 16.0 Å². The third-order valence-electron chi connectivity index (χ3n) is 10.7. The lowest BCUT2D eigenvalue weighted by atomic mass is 9.93. The number of amides is 3. The highest BCUT2D eigenvalue weighted by Gasteiger charge is 2.53. The summed E-state index contributed by atoms with van der Waals surface area (Å²) in [6, 6.07) is 6.72. The fourth-order valence-corrected chi connectivity index (χ4v) is 7.17. The number of aliphatic hydroxyl groups is 8. The molecule has 2 aromatic carbocycles. The van der Waals surface area contributed by atoms with Crippen molar-refractivity contribution in [3.63, 3.8) is 0 Å². The largest absolute Gasteiger partial charge is 0.394 e. The average Bonchev–Trinajstić information content (AvgIpc) is 3.64. The Kier molecular flexibility index (Phi) is 18.9. The Labute approximate surface area is 377 Å². The van der Waals surface area contributed by atoms with Crippen molar-refractivity contribution in [1.29, 1.82) is 0 Å². The molecule has 15 atom stereocenters. The summed E-state index contributed by atoms with van der Waals surface area (Å²) in [5.41, 5.74) is 23.5. The summed E-state index contributed by atoms with van der Waals surface area (Å²) < 4.78 is 28.5. The zero-order valence-corrected chi connectivity index (χ0v) is 34.9. The number of hydrogen-bond acceptors (Lipinski definition) is 23.